The molecule has 2 aliphatic heterocycles. The van der Waals surface area contributed by atoms with Gasteiger partial charge in [-0.15, -0.1) is 0 Å². The average molecular weight is 483 g/mol. The van der Waals surface area contributed by atoms with E-state index < -0.39 is 0 Å². The molecule has 0 bridgehead atoms. The van der Waals surface area contributed by atoms with Crippen molar-refractivity contribution in [3.63, 3.8) is 0 Å². The van der Waals surface area contributed by atoms with E-state index in [4.69, 9.17) is 9.97 Å². The van der Waals surface area contributed by atoms with Crippen LogP contribution in [0.3, 0.4) is 0 Å². The smallest absolute Gasteiger partial charge is 0.0989 e. The van der Waals surface area contributed by atoms with Crippen LogP contribution in [0.2, 0.25) is 0 Å². The van der Waals surface area contributed by atoms with Gasteiger partial charge in [-0.25, -0.2) is 0 Å². The molecule has 152 valence electrons. The lowest BCUT2D eigenvalue weighted by atomic mass is 10.0. The highest BCUT2D eigenvalue weighted by molar-refractivity contribution is 8.32. The van der Waals surface area contributed by atoms with Crippen molar-refractivity contribution in [2.75, 3.05) is 0 Å². The fourth-order valence-electron chi connectivity index (χ4n) is 4.17. The molecule has 0 amide bonds. The summed E-state index contributed by atoms with van der Waals surface area (Å²) < 4.78 is 2.55. The summed E-state index contributed by atoms with van der Waals surface area (Å²) in [5.74, 6) is 0. The summed E-state index contributed by atoms with van der Waals surface area (Å²) in [7, 11) is 0. The van der Waals surface area contributed by atoms with E-state index >= 15 is 0 Å². The van der Waals surface area contributed by atoms with Crippen molar-refractivity contribution in [3.05, 3.63) is 95.6 Å². The minimum atomic E-state index is 0.980. The Bertz CT molecular complexity index is 1450. The molecule has 0 atom stereocenters. The molecule has 5 aromatic rings. The fraction of sp³-hybridized carbons (Fsp3) is 0. The van der Waals surface area contributed by atoms with Crippen LogP contribution in [-0.4, -0.2) is 9.97 Å². The van der Waals surface area contributed by atoms with Crippen LogP contribution in [0.4, 0.5) is 0 Å². The van der Waals surface area contributed by atoms with Gasteiger partial charge in [-0.05, 0) is 35.0 Å². The second-order valence-corrected chi connectivity index (χ2v) is 12.2. The lowest BCUT2D eigenvalue weighted by molar-refractivity contribution is 1.27. The number of nitrogens with zero attached hydrogens (tertiary/aromatic N) is 2. The Kier molecular flexibility index (Phi) is 4.54. The first-order valence-electron chi connectivity index (χ1n) is 10.2. The Morgan fingerprint density at radius 1 is 0.438 bits per heavy atom. The summed E-state index contributed by atoms with van der Waals surface area (Å²) in [6.07, 6.45) is 3.63. The molecule has 4 aromatic carbocycles. The third-order valence-electron chi connectivity index (χ3n) is 5.55. The van der Waals surface area contributed by atoms with Gasteiger partial charge >= 0.3 is 0 Å². The van der Waals surface area contributed by atoms with E-state index in [-0.39, 0.29) is 0 Å². The number of hydrogen-bond donors (Lipinski definition) is 0. The summed E-state index contributed by atoms with van der Waals surface area (Å²) in [5, 5.41) is 4.88. The Labute approximate surface area is 201 Å². The third-order valence-corrected chi connectivity index (χ3v) is 10.7. The summed E-state index contributed by atoms with van der Waals surface area (Å²) >= 11 is 7.37. The number of thioether (sulfide) groups is 4. The topological polar surface area (TPSA) is 25.8 Å². The number of hydrogen-bond acceptors (Lipinski definition) is 6. The Hall–Kier alpha value is -2.38. The minimum Gasteiger partial charge on any atom is -0.252 e. The average Bonchev–Trinajstić information content (AvgIpc) is 3.46. The summed E-state index contributed by atoms with van der Waals surface area (Å²) in [6, 6.07) is 25.9. The van der Waals surface area contributed by atoms with E-state index in [9.17, 15) is 0 Å². The first-order valence-corrected chi connectivity index (χ1v) is 13.4. The molecule has 1 aromatic heterocycles. The van der Waals surface area contributed by atoms with Crippen molar-refractivity contribution in [2.45, 2.75) is 19.6 Å². The van der Waals surface area contributed by atoms with Gasteiger partial charge in [0.2, 0.25) is 0 Å². The van der Waals surface area contributed by atoms with E-state index in [1.807, 2.05) is 59.4 Å². The molecule has 0 aliphatic carbocycles. The molecular formula is C26H14N2S4. The van der Waals surface area contributed by atoms with E-state index in [0.29, 0.717) is 0 Å². The van der Waals surface area contributed by atoms with E-state index in [1.54, 1.807) is 0 Å². The van der Waals surface area contributed by atoms with Gasteiger partial charge in [-0.3, -0.25) is 9.97 Å². The SMILES string of the molecule is c1ccc2c(c1)SC(=c1c3ccccc3c(=C3Sc4ccccc4S3)c3nccnc13)S2. The predicted octanol–water partition coefficient (Wildman–Crippen LogP) is 6.71. The lowest BCUT2D eigenvalue weighted by Crippen LogP contribution is -2.18. The predicted molar refractivity (Wildman–Crippen MR) is 139 cm³/mol. The van der Waals surface area contributed by atoms with Crippen LogP contribution in [0, 0.1) is 0 Å². The number of fused-ring (bicyclic) bond motifs is 4. The maximum Gasteiger partial charge on any atom is 0.0989 e. The van der Waals surface area contributed by atoms with Crippen molar-refractivity contribution < 1.29 is 0 Å². The Morgan fingerprint density at radius 3 is 1.16 bits per heavy atom. The lowest BCUT2D eigenvalue weighted by Gasteiger charge is -2.09. The summed E-state index contributed by atoms with van der Waals surface area (Å²) in [6.45, 7) is 0. The monoisotopic (exact) mass is 482 g/mol. The van der Waals surface area contributed by atoms with Gasteiger partial charge in [0, 0.05) is 42.4 Å². The molecular weight excluding hydrogens is 469 g/mol. The standard InChI is InChI=1S/C26H14N2S4/c1-2-8-16-15(7-1)21(25-29-17-9-3-4-10-18(17)30-25)23-24(28-14-13-27-23)22(16)26-31-19-11-5-6-12-20(19)32-26/h1-14H. The van der Waals surface area contributed by atoms with E-state index in [0.717, 1.165) is 11.0 Å². The molecule has 0 fully saturated rings. The molecule has 7 rings (SSSR count). The highest BCUT2D eigenvalue weighted by Gasteiger charge is 2.23. The van der Waals surface area contributed by atoms with E-state index in [1.165, 1.54) is 49.3 Å². The van der Waals surface area contributed by atoms with E-state index in [2.05, 4.69) is 72.8 Å². The molecule has 0 unspecified atom stereocenters. The Balaban J connectivity index is 1.63. The molecule has 2 aliphatic rings. The maximum absolute atomic E-state index is 4.88. The van der Waals surface area contributed by atoms with Crippen LogP contribution in [0.15, 0.2) is 105 Å². The zero-order valence-electron chi connectivity index (χ0n) is 16.6. The maximum atomic E-state index is 4.88. The van der Waals surface area contributed by atoms with Crippen molar-refractivity contribution in [1.29, 1.82) is 0 Å². The van der Waals surface area contributed by atoms with Gasteiger partial charge in [0.25, 0.3) is 0 Å². The van der Waals surface area contributed by atoms with Gasteiger partial charge in [0.1, 0.15) is 0 Å². The zero-order valence-corrected chi connectivity index (χ0v) is 19.9. The van der Waals surface area contributed by atoms with Gasteiger partial charge in [-0.2, -0.15) is 0 Å². The van der Waals surface area contributed by atoms with Crippen LogP contribution >= 0.6 is 47.0 Å². The molecule has 32 heavy (non-hydrogen) atoms. The molecule has 2 nitrogen and oxygen atoms in total. The van der Waals surface area contributed by atoms with Crippen LogP contribution in [0.25, 0.3) is 30.3 Å². The molecule has 0 spiro atoms. The number of aromatic nitrogens is 2. The largest absolute Gasteiger partial charge is 0.252 e. The molecule has 0 N–H and O–H groups in total. The summed E-state index contributed by atoms with van der Waals surface area (Å²) in [4.78, 5) is 15.0. The second kappa shape index (κ2) is 7.59. The van der Waals surface area contributed by atoms with Crippen molar-refractivity contribution in [2.24, 2.45) is 0 Å². The normalized spacial score (nSPS) is 14.9. The van der Waals surface area contributed by atoms with Crippen LogP contribution in [0.5, 0.6) is 0 Å². The molecule has 3 heterocycles. The summed E-state index contributed by atoms with van der Waals surface area (Å²) in [5.41, 5.74) is 1.96. The highest BCUT2D eigenvalue weighted by Crippen LogP contribution is 2.53. The minimum absolute atomic E-state index is 0.980. The fourth-order valence-corrected chi connectivity index (χ4v) is 9.38. The first-order chi connectivity index (χ1) is 15.9. The molecule has 0 radical (unpaired) electrons. The number of benzene rings is 4. The van der Waals surface area contributed by atoms with Crippen LogP contribution < -0.4 is 10.4 Å². The number of rotatable bonds is 0. The Morgan fingerprint density at radius 2 is 0.781 bits per heavy atom. The highest BCUT2D eigenvalue weighted by atomic mass is 32.2. The first kappa shape index (κ1) is 19.1. The molecule has 0 saturated heterocycles. The van der Waals surface area contributed by atoms with Crippen LogP contribution in [-0.2, 0) is 0 Å². The van der Waals surface area contributed by atoms with Gasteiger partial charge < -0.3 is 0 Å². The van der Waals surface area contributed by atoms with Gasteiger partial charge in [0.05, 0.1) is 19.5 Å². The third kappa shape index (κ3) is 2.94. The van der Waals surface area contributed by atoms with Crippen molar-refractivity contribution in [3.8, 4) is 0 Å². The molecule has 0 saturated carbocycles. The van der Waals surface area contributed by atoms with Crippen LogP contribution in [0.1, 0.15) is 0 Å². The zero-order chi connectivity index (χ0) is 21.1. The molecule has 6 heteroatoms. The second-order valence-electron chi connectivity index (χ2n) is 7.43. The van der Waals surface area contributed by atoms with Gasteiger partial charge in [-0.1, -0.05) is 95.6 Å². The quantitative estimate of drug-likeness (QED) is 0.228. The van der Waals surface area contributed by atoms with Crippen molar-refractivity contribution in [1.82, 2.24) is 9.97 Å². The van der Waals surface area contributed by atoms with Gasteiger partial charge in [0.15, 0.2) is 0 Å². The van der Waals surface area contributed by atoms with Crippen molar-refractivity contribution >= 4 is 77.3 Å².